The van der Waals surface area contributed by atoms with Crippen molar-refractivity contribution in [3.63, 3.8) is 0 Å². The van der Waals surface area contributed by atoms with Gasteiger partial charge in [-0.05, 0) is 24.7 Å². The van der Waals surface area contributed by atoms with E-state index in [9.17, 15) is 4.79 Å². The molecule has 0 radical (unpaired) electrons. The summed E-state index contributed by atoms with van der Waals surface area (Å²) >= 11 is 0. The fourth-order valence-electron chi connectivity index (χ4n) is 1.61. The van der Waals surface area contributed by atoms with E-state index in [0.717, 1.165) is 12.8 Å². The summed E-state index contributed by atoms with van der Waals surface area (Å²) in [6, 6.07) is 0. The molecule has 0 amide bonds. The second-order valence-corrected chi connectivity index (χ2v) is 3.66. The molecule has 0 bridgehead atoms. The molecular formula is C9H16O2. The Morgan fingerprint density at radius 3 is 2.82 bits per heavy atom. The minimum absolute atomic E-state index is 0.0237. The van der Waals surface area contributed by atoms with Crippen LogP contribution in [-0.2, 0) is 9.53 Å². The fourth-order valence-corrected chi connectivity index (χ4v) is 1.61. The Bertz CT molecular complexity index is 142. The Hall–Kier alpha value is -0.530. The van der Waals surface area contributed by atoms with Crippen molar-refractivity contribution in [2.45, 2.75) is 33.1 Å². The van der Waals surface area contributed by atoms with Crippen molar-refractivity contribution < 1.29 is 9.53 Å². The minimum Gasteiger partial charge on any atom is -0.466 e. The number of carbonyl (C=O) groups excluding carboxylic acids is 1. The van der Waals surface area contributed by atoms with Gasteiger partial charge >= 0.3 is 5.97 Å². The Morgan fingerprint density at radius 1 is 1.36 bits per heavy atom. The highest BCUT2D eigenvalue weighted by Gasteiger charge is 2.17. The van der Waals surface area contributed by atoms with E-state index in [1.165, 1.54) is 0 Å². The molecule has 1 aliphatic rings. The third kappa shape index (κ3) is 2.91. The Kier molecular flexibility index (Phi) is 2.92. The maximum atomic E-state index is 10.9. The quantitative estimate of drug-likeness (QED) is 0.501. The van der Waals surface area contributed by atoms with Crippen LogP contribution < -0.4 is 0 Å². The lowest BCUT2D eigenvalue weighted by Crippen LogP contribution is -2.17. The zero-order valence-corrected chi connectivity index (χ0v) is 7.30. The van der Waals surface area contributed by atoms with E-state index < -0.39 is 0 Å². The van der Waals surface area contributed by atoms with Gasteiger partial charge in [0.15, 0.2) is 0 Å². The minimum atomic E-state index is -0.0237. The molecule has 2 heteroatoms. The highest BCUT2D eigenvalue weighted by molar-refractivity contribution is 5.69. The van der Waals surface area contributed by atoms with E-state index in [2.05, 4.69) is 13.8 Å². The normalized spacial score (nSPS) is 33.8. The molecule has 0 N–H and O–H groups in total. The van der Waals surface area contributed by atoms with E-state index in [4.69, 9.17) is 4.74 Å². The third-order valence-electron chi connectivity index (χ3n) is 2.19. The number of rotatable bonds is 0. The first kappa shape index (κ1) is 8.57. The summed E-state index contributed by atoms with van der Waals surface area (Å²) in [7, 11) is 0. The Labute approximate surface area is 67.9 Å². The summed E-state index contributed by atoms with van der Waals surface area (Å²) in [4.78, 5) is 10.9. The van der Waals surface area contributed by atoms with Gasteiger partial charge in [0.2, 0.25) is 0 Å². The molecule has 0 aromatic heterocycles. The summed E-state index contributed by atoms with van der Waals surface area (Å²) in [6.07, 6.45) is 2.79. The van der Waals surface area contributed by atoms with Crippen molar-refractivity contribution in [1.29, 1.82) is 0 Å². The molecular weight excluding hydrogens is 140 g/mol. The number of carbonyl (C=O) groups is 1. The van der Waals surface area contributed by atoms with Gasteiger partial charge in [-0.15, -0.1) is 0 Å². The monoisotopic (exact) mass is 156 g/mol. The van der Waals surface area contributed by atoms with Crippen LogP contribution in [0.15, 0.2) is 0 Å². The van der Waals surface area contributed by atoms with Gasteiger partial charge in [-0.1, -0.05) is 13.8 Å². The van der Waals surface area contributed by atoms with Gasteiger partial charge < -0.3 is 4.74 Å². The lowest BCUT2D eigenvalue weighted by atomic mass is 9.92. The van der Waals surface area contributed by atoms with Gasteiger partial charge in [-0.3, -0.25) is 4.79 Å². The van der Waals surface area contributed by atoms with Crippen LogP contribution in [0.1, 0.15) is 33.1 Å². The van der Waals surface area contributed by atoms with E-state index in [-0.39, 0.29) is 5.97 Å². The zero-order valence-electron chi connectivity index (χ0n) is 7.30. The molecule has 1 fully saturated rings. The predicted octanol–water partition coefficient (Wildman–Crippen LogP) is 1.99. The molecule has 1 rings (SSSR count). The number of cyclic esters (lactones) is 1. The molecule has 11 heavy (non-hydrogen) atoms. The van der Waals surface area contributed by atoms with E-state index in [1.54, 1.807) is 0 Å². The lowest BCUT2D eigenvalue weighted by Gasteiger charge is -2.20. The molecule has 0 spiro atoms. The summed E-state index contributed by atoms with van der Waals surface area (Å²) in [5.74, 6) is 1.18. The van der Waals surface area contributed by atoms with Gasteiger partial charge in [-0.25, -0.2) is 0 Å². The van der Waals surface area contributed by atoms with Crippen LogP contribution in [0.2, 0.25) is 0 Å². The van der Waals surface area contributed by atoms with E-state index in [1.807, 2.05) is 0 Å². The molecule has 1 saturated heterocycles. The smallest absolute Gasteiger partial charge is 0.306 e. The number of hydrogen-bond donors (Lipinski definition) is 0. The third-order valence-corrected chi connectivity index (χ3v) is 2.19. The van der Waals surface area contributed by atoms with E-state index >= 15 is 0 Å². The molecule has 0 aliphatic carbocycles. The van der Waals surface area contributed by atoms with Crippen LogP contribution in [0.25, 0.3) is 0 Å². The van der Waals surface area contributed by atoms with Gasteiger partial charge in [0.25, 0.3) is 0 Å². The molecule has 1 aliphatic heterocycles. The van der Waals surface area contributed by atoms with Crippen LogP contribution in [0.5, 0.6) is 0 Å². The SMILES string of the molecule is C[C@@H]1CCOC(=O)C[C@@H](C)C1. The molecule has 0 aromatic rings. The molecule has 0 unspecified atom stereocenters. The molecule has 2 nitrogen and oxygen atoms in total. The summed E-state index contributed by atoms with van der Waals surface area (Å²) < 4.78 is 4.98. The highest BCUT2D eigenvalue weighted by atomic mass is 16.5. The first-order chi connectivity index (χ1) is 5.18. The summed E-state index contributed by atoms with van der Waals surface area (Å²) in [6.45, 7) is 4.95. The van der Waals surface area contributed by atoms with Crippen LogP contribution in [-0.4, -0.2) is 12.6 Å². The van der Waals surface area contributed by atoms with Gasteiger partial charge in [0, 0.05) is 6.42 Å². The van der Waals surface area contributed by atoms with Crippen molar-refractivity contribution >= 4 is 5.97 Å². The summed E-state index contributed by atoms with van der Waals surface area (Å²) in [5, 5.41) is 0. The van der Waals surface area contributed by atoms with Crippen LogP contribution in [0.4, 0.5) is 0 Å². The van der Waals surface area contributed by atoms with Crippen molar-refractivity contribution in [3.8, 4) is 0 Å². The van der Waals surface area contributed by atoms with Gasteiger partial charge in [0.1, 0.15) is 0 Å². The first-order valence-corrected chi connectivity index (χ1v) is 4.34. The van der Waals surface area contributed by atoms with Gasteiger partial charge in [-0.2, -0.15) is 0 Å². The van der Waals surface area contributed by atoms with Crippen molar-refractivity contribution in [2.75, 3.05) is 6.61 Å². The average Bonchev–Trinajstić information content (AvgIpc) is 1.83. The second kappa shape index (κ2) is 3.74. The fraction of sp³-hybridized carbons (Fsp3) is 0.889. The largest absolute Gasteiger partial charge is 0.466 e. The number of hydrogen-bond acceptors (Lipinski definition) is 2. The molecule has 1 heterocycles. The van der Waals surface area contributed by atoms with Gasteiger partial charge in [0.05, 0.1) is 6.61 Å². The lowest BCUT2D eigenvalue weighted by molar-refractivity contribution is -0.146. The summed E-state index contributed by atoms with van der Waals surface area (Å²) in [5.41, 5.74) is 0. The highest BCUT2D eigenvalue weighted by Crippen LogP contribution is 2.20. The topological polar surface area (TPSA) is 26.3 Å². The number of esters is 1. The van der Waals surface area contributed by atoms with Crippen LogP contribution in [0.3, 0.4) is 0 Å². The Balaban J connectivity index is 2.40. The maximum Gasteiger partial charge on any atom is 0.306 e. The van der Waals surface area contributed by atoms with Crippen molar-refractivity contribution in [1.82, 2.24) is 0 Å². The van der Waals surface area contributed by atoms with Crippen molar-refractivity contribution in [2.24, 2.45) is 11.8 Å². The molecule has 2 atom stereocenters. The Morgan fingerprint density at radius 2 is 2.09 bits per heavy atom. The zero-order chi connectivity index (χ0) is 8.27. The first-order valence-electron chi connectivity index (χ1n) is 4.34. The predicted molar refractivity (Wildman–Crippen MR) is 43.1 cm³/mol. The van der Waals surface area contributed by atoms with Crippen LogP contribution >= 0.6 is 0 Å². The molecule has 0 saturated carbocycles. The molecule has 64 valence electrons. The number of ether oxygens (including phenoxy) is 1. The standard InChI is InChI=1S/C9H16O2/c1-7-3-4-11-9(10)6-8(2)5-7/h7-8H,3-6H2,1-2H3/t7-,8+/m1/s1. The van der Waals surface area contributed by atoms with Crippen LogP contribution in [0, 0.1) is 11.8 Å². The second-order valence-electron chi connectivity index (χ2n) is 3.66. The van der Waals surface area contributed by atoms with E-state index in [0.29, 0.717) is 24.9 Å². The maximum absolute atomic E-state index is 10.9. The average molecular weight is 156 g/mol. The van der Waals surface area contributed by atoms with Crippen molar-refractivity contribution in [3.05, 3.63) is 0 Å². The molecule has 0 aromatic carbocycles.